The number of Topliss-reactive ketones (excluding diaryl/α,β-unsaturated/α-hetero) is 1. The second kappa shape index (κ2) is 6.33. The number of carbonyl (C=O) groups is 1. The van der Waals surface area contributed by atoms with Gasteiger partial charge in [0.05, 0.1) is 16.6 Å². The van der Waals surface area contributed by atoms with Crippen molar-refractivity contribution < 1.29 is 9.00 Å². The van der Waals surface area contributed by atoms with Gasteiger partial charge >= 0.3 is 0 Å². The highest BCUT2D eigenvalue weighted by molar-refractivity contribution is 7.85. The lowest BCUT2D eigenvalue weighted by Crippen LogP contribution is -2.11. The summed E-state index contributed by atoms with van der Waals surface area (Å²) in [6.07, 6.45) is 0. The number of carbonyl (C=O) groups excluding carboxylic acids is 1. The maximum Gasteiger partial charge on any atom is 0.175 e. The fourth-order valence-corrected chi connectivity index (χ4v) is 3.12. The maximum atomic E-state index is 12.2. The number of aryl methyl sites for hydroxylation is 2. The zero-order valence-electron chi connectivity index (χ0n) is 11.4. The Bertz CT molecular complexity index is 680. The van der Waals surface area contributed by atoms with Gasteiger partial charge in [0.1, 0.15) is 0 Å². The summed E-state index contributed by atoms with van der Waals surface area (Å²) < 4.78 is 12.2. The lowest BCUT2D eigenvalue weighted by Gasteiger charge is -2.05. The average Bonchev–Trinajstić information content (AvgIpc) is 2.41. The van der Waals surface area contributed by atoms with Gasteiger partial charge in [0.15, 0.2) is 5.78 Å². The molecular formula is C16H15ClO2S. The zero-order chi connectivity index (χ0) is 14.7. The van der Waals surface area contributed by atoms with Crippen LogP contribution < -0.4 is 0 Å². The van der Waals surface area contributed by atoms with Crippen molar-refractivity contribution in [1.82, 2.24) is 0 Å². The van der Waals surface area contributed by atoms with Crippen LogP contribution in [-0.4, -0.2) is 15.7 Å². The first-order valence-corrected chi connectivity index (χ1v) is 7.91. The highest BCUT2D eigenvalue weighted by Gasteiger charge is 2.13. The average molecular weight is 307 g/mol. The second-order valence-electron chi connectivity index (χ2n) is 4.67. The van der Waals surface area contributed by atoms with Gasteiger partial charge in [-0.1, -0.05) is 29.8 Å². The fraction of sp³-hybridized carbons (Fsp3) is 0.188. The van der Waals surface area contributed by atoms with Crippen LogP contribution in [0.5, 0.6) is 0 Å². The van der Waals surface area contributed by atoms with E-state index < -0.39 is 10.8 Å². The number of ketones is 1. The number of hydrogen-bond donors (Lipinski definition) is 0. The zero-order valence-corrected chi connectivity index (χ0v) is 12.9. The third kappa shape index (κ3) is 3.56. The van der Waals surface area contributed by atoms with Crippen LogP contribution in [0.1, 0.15) is 21.5 Å². The molecule has 2 aromatic rings. The van der Waals surface area contributed by atoms with Crippen molar-refractivity contribution in [2.45, 2.75) is 18.7 Å². The van der Waals surface area contributed by atoms with Gasteiger partial charge in [-0.25, -0.2) is 0 Å². The van der Waals surface area contributed by atoms with Gasteiger partial charge in [-0.15, -0.1) is 0 Å². The summed E-state index contributed by atoms with van der Waals surface area (Å²) in [5.41, 5.74) is 2.80. The SMILES string of the molecule is Cc1ccc(C(=O)CS(=O)c2cccc(Cl)c2)cc1C. The fourth-order valence-electron chi connectivity index (χ4n) is 1.81. The molecule has 20 heavy (non-hydrogen) atoms. The van der Waals surface area contributed by atoms with Crippen LogP contribution in [0.2, 0.25) is 5.02 Å². The topological polar surface area (TPSA) is 34.1 Å². The van der Waals surface area contributed by atoms with Crippen LogP contribution in [0, 0.1) is 13.8 Å². The molecule has 0 heterocycles. The van der Waals surface area contributed by atoms with Crippen molar-refractivity contribution in [3.8, 4) is 0 Å². The molecule has 2 aromatic carbocycles. The van der Waals surface area contributed by atoms with E-state index in [1.54, 1.807) is 30.3 Å². The molecule has 0 aliphatic rings. The van der Waals surface area contributed by atoms with E-state index in [9.17, 15) is 9.00 Å². The molecule has 1 atom stereocenters. The predicted octanol–water partition coefficient (Wildman–Crippen LogP) is 3.95. The van der Waals surface area contributed by atoms with Crippen LogP contribution >= 0.6 is 11.6 Å². The molecule has 104 valence electrons. The Kier molecular flexibility index (Phi) is 4.73. The normalized spacial score (nSPS) is 12.2. The van der Waals surface area contributed by atoms with Crippen LogP contribution in [0.25, 0.3) is 0 Å². The van der Waals surface area contributed by atoms with E-state index in [1.165, 1.54) is 0 Å². The number of halogens is 1. The van der Waals surface area contributed by atoms with Gasteiger partial charge in [-0.3, -0.25) is 9.00 Å². The summed E-state index contributed by atoms with van der Waals surface area (Å²) in [7, 11) is -1.37. The van der Waals surface area contributed by atoms with Crippen molar-refractivity contribution in [1.29, 1.82) is 0 Å². The second-order valence-corrected chi connectivity index (χ2v) is 6.56. The summed E-state index contributed by atoms with van der Waals surface area (Å²) >= 11 is 5.86. The van der Waals surface area contributed by atoms with Gasteiger partial charge in [0, 0.05) is 15.5 Å². The standard InChI is InChI=1S/C16H15ClO2S/c1-11-6-7-13(8-12(11)2)16(18)10-20(19)15-5-3-4-14(17)9-15/h3-9H,10H2,1-2H3. The molecular weight excluding hydrogens is 292 g/mol. The summed E-state index contributed by atoms with van der Waals surface area (Å²) in [6.45, 7) is 3.95. The molecule has 2 rings (SSSR count). The van der Waals surface area contributed by atoms with Crippen LogP contribution in [0.4, 0.5) is 0 Å². The Labute approximate surface area is 126 Å². The molecule has 0 aliphatic carbocycles. The number of rotatable bonds is 4. The Hall–Kier alpha value is -1.45. The third-order valence-electron chi connectivity index (χ3n) is 3.15. The molecule has 0 fully saturated rings. The summed E-state index contributed by atoms with van der Waals surface area (Å²) in [5.74, 6) is -0.144. The third-order valence-corrected chi connectivity index (χ3v) is 4.69. The maximum absolute atomic E-state index is 12.2. The Morgan fingerprint density at radius 3 is 2.50 bits per heavy atom. The van der Waals surface area contributed by atoms with Crippen LogP contribution in [0.3, 0.4) is 0 Å². The van der Waals surface area contributed by atoms with Gasteiger partial charge in [0.25, 0.3) is 0 Å². The van der Waals surface area contributed by atoms with E-state index in [1.807, 2.05) is 26.0 Å². The van der Waals surface area contributed by atoms with E-state index in [0.717, 1.165) is 11.1 Å². The molecule has 0 radical (unpaired) electrons. The van der Waals surface area contributed by atoms with Gasteiger partial charge < -0.3 is 0 Å². The first-order chi connectivity index (χ1) is 9.47. The summed E-state index contributed by atoms with van der Waals surface area (Å²) in [5, 5.41) is 0.523. The highest BCUT2D eigenvalue weighted by Crippen LogP contribution is 2.16. The molecule has 0 amide bonds. The minimum atomic E-state index is -1.37. The van der Waals surface area contributed by atoms with Crippen molar-refractivity contribution in [3.05, 3.63) is 64.2 Å². The molecule has 0 N–H and O–H groups in total. The number of hydrogen-bond acceptors (Lipinski definition) is 2. The highest BCUT2D eigenvalue weighted by atomic mass is 35.5. The van der Waals surface area contributed by atoms with Crippen molar-refractivity contribution in [3.63, 3.8) is 0 Å². The van der Waals surface area contributed by atoms with Gasteiger partial charge in [-0.05, 0) is 49.2 Å². The lowest BCUT2D eigenvalue weighted by molar-refractivity contribution is 0.102. The lowest BCUT2D eigenvalue weighted by atomic mass is 10.0. The van der Waals surface area contributed by atoms with Crippen molar-refractivity contribution in [2.24, 2.45) is 0 Å². The van der Waals surface area contributed by atoms with E-state index in [2.05, 4.69) is 0 Å². The van der Waals surface area contributed by atoms with E-state index >= 15 is 0 Å². The molecule has 0 spiro atoms. The molecule has 1 unspecified atom stereocenters. The summed E-state index contributed by atoms with van der Waals surface area (Å²) in [4.78, 5) is 12.7. The van der Waals surface area contributed by atoms with Gasteiger partial charge in [0.2, 0.25) is 0 Å². The van der Waals surface area contributed by atoms with Crippen LogP contribution in [-0.2, 0) is 10.8 Å². The Morgan fingerprint density at radius 2 is 1.85 bits per heavy atom. The molecule has 0 saturated heterocycles. The monoisotopic (exact) mass is 306 g/mol. The first-order valence-electron chi connectivity index (χ1n) is 6.22. The number of benzene rings is 2. The van der Waals surface area contributed by atoms with Gasteiger partial charge in [-0.2, -0.15) is 0 Å². The van der Waals surface area contributed by atoms with Crippen LogP contribution in [0.15, 0.2) is 47.4 Å². The largest absolute Gasteiger partial charge is 0.293 e. The molecule has 0 aliphatic heterocycles. The van der Waals surface area contributed by atoms with E-state index in [4.69, 9.17) is 11.6 Å². The molecule has 2 nitrogen and oxygen atoms in total. The molecule has 0 saturated carbocycles. The smallest absolute Gasteiger partial charge is 0.175 e. The first kappa shape index (κ1) is 14.9. The predicted molar refractivity (Wildman–Crippen MR) is 83.0 cm³/mol. The molecule has 4 heteroatoms. The minimum absolute atomic E-state index is 0.0250. The quantitative estimate of drug-likeness (QED) is 0.802. The minimum Gasteiger partial charge on any atom is -0.293 e. The molecule has 0 aromatic heterocycles. The van der Waals surface area contributed by atoms with Crippen molar-refractivity contribution >= 4 is 28.2 Å². The Morgan fingerprint density at radius 1 is 1.10 bits per heavy atom. The van der Waals surface area contributed by atoms with E-state index in [-0.39, 0.29) is 11.5 Å². The molecule has 0 bridgehead atoms. The Balaban J connectivity index is 2.15. The summed E-state index contributed by atoms with van der Waals surface area (Å²) in [6, 6.07) is 12.3. The van der Waals surface area contributed by atoms with E-state index in [0.29, 0.717) is 15.5 Å². The van der Waals surface area contributed by atoms with Crippen molar-refractivity contribution in [2.75, 3.05) is 5.75 Å².